The van der Waals surface area contributed by atoms with E-state index < -0.39 is 30.1 Å². The number of carbonyl (C=O) groups excluding carboxylic acids is 3. The molecule has 1 heterocycles. The molecule has 2 atom stereocenters. The molecule has 1 fully saturated rings. The van der Waals surface area contributed by atoms with Crippen molar-refractivity contribution in [2.24, 2.45) is 5.92 Å². The van der Waals surface area contributed by atoms with Crippen molar-refractivity contribution in [3.63, 3.8) is 0 Å². The molecule has 41 heavy (non-hydrogen) atoms. The lowest BCUT2D eigenvalue weighted by molar-refractivity contribution is -0.142. The van der Waals surface area contributed by atoms with Crippen molar-refractivity contribution in [1.82, 2.24) is 20.5 Å². The van der Waals surface area contributed by atoms with Gasteiger partial charge in [-0.15, -0.1) is 0 Å². The molecule has 1 aliphatic carbocycles. The highest BCUT2D eigenvalue weighted by atomic mass is 35.5. The van der Waals surface area contributed by atoms with Crippen LogP contribution in [-0.2, 0) is 32.1 Å². The number of carbonyl (C=O) groups is 4. The number of amides is 3. The van der Waals surface area contributed by atoms with Gasteiger partial charge in [-0.05, 0) is 60.6 Å². The van der Waals surface area contributed by atoms with Crippen molar-refractivity contribution in [3.8, 4) is 0 Å². The lowest BCUT2D eigenvalue weighted by Crippen LogP contribution is -2.52. The molecular weight excluding hydrogens is 548 g/mol. The predicted octanol–water partition coefficient (Wildman–Crippen LogP) is 4.35. The largest absolute Gasteiger partial charge is 0.480 e. The van der Waals surface area contributed by atoms with Crippen LogP contribution in [-0.4, -0.2) is 64.5 Å². The number of benzene rings is 1. The number of aliphatic carboxylic acids is 1. The average molecular weight is 587 g/mol. The maximum atomic E-state index is 13.3. The summed E-state index contributed by atoms with van der Waals surface area (Å²) in [5, 5.41) is 15.5. The van der Waals surface area contributed by atoms with Gasteiger partial charge in [-0.3, -0.25) is 14.6 Å². The number of likely N-dealkylation sites (N-methyl/N-ethyl adjacent to an activating group) is 1. The Morgan fingerprint density at radius 2 is 1.78 bits per heavy atom. The van der Waals surface area contributed by atoms with Crippen LogP contribution in [0.3, 0.4) is 0 Å². The molecule has 1 aromatic carbocycles. The third-order valence-electron chi connectivity index (χ3n) is 7.33. The molecule has 3 rings (SSSR count). The second kappa shape index (κ2) is 16.6. The first-order valence-corrected chi connectivity index (χ1v) is 14.4. The fraction of sp³-hybridized carbons (Fsp3) is 0.500. The Bertz CT molecular complexity index is 1160. The minimum absolute atomic E-state index is 0.0291. The van der Waals surface area contributed by atoms with Gasteiger partial charge in [0.15, 0.2) is 0 Å². The van der Waals surface area contributed by atoms with Crippen molar-refractivity contribution in [3.05, 3.63) is 64.9 Å². The predicted molar refractivity (Wildman–Crippen MR) is 154 cm³/mol. The maximum Gasteiger partial charge on any atom is 0.408 e. The molecule has 0 bridgehead atoms. The van der Waals surface area contributed by atoms with Crippen LogP contribution in [0.25, 0.3) is 0 Å². The summed E-state index contributed by atoms with van der Waals surface area (Å²) in [6.45, 7) is 0.441. The Kier molecular flexibility index (Phi) is 12.9. The highest BCUT2D eigenvalue weighted by molar-refractivity contribution is 6.30. The molecule has 1 aromatic heterocycles. The zero-order valence-corrected chi connectivity index (χ0v) is 24.1. The highest BCUT2D eigenvalue weighted by Gasteiger charge is 2.30. The van der Waals surface area contributed by atoms with Crippen LogP contribution in [0.1, 0.15) is 62.5 Å². The SMILES string of the molecule is CN(CCc1ccncc1)C(=O)CCC(NC(=O)C(CC1CCCCC1)NC(=O)OCc1cccc(Cl)c1)C(=O)O. The van der Waals surface area contributed by atoms with E-state index in [1.54, 1.807) is 48.6 Å². The van der Waals surface area contributed by atoms with Crippen LogP contribution in [0.5, 0.6) is 0 Å². The molecule has 2 aromatic rings. The van der Waals surface area contributed by atoms with Gasteiger partial charge < -0.3 is 25.4 Å². The van der Waals surface area contributed by atoms with E-state index in [1.807, 2.05) is 12.1 Å². The first kappa shape index (κ1) is 31.9. The molecule has 222 valence electrons. The van der Waals surface area contributed by atoms with Crippen molar-refractivity contribution >= 4 is 35.5 Å². The third-order valence-corrected chi connectivity index (χ3v) is 7.57. The normalized spacial score (nSPS) is 14.9. The van der Waals surface area contributed by atoms with E-state index in [1.165, 1.54) is 0 Å². The van der Waals surface area contributed by atoms with E-state index in [0.717, 1.165) is 37.7 Å². The van der Waals surface area contributed by atoms with Crippen LogP contribution in [0, 0.1) is 5.92 Å². The highest BCUT2D eigenvalue weighted by Crippen LogP contribution is 2.27. The van der Waals surface area contributed by atoms with E-state index in [-0.39, 0.29) is 31.3 Å². The van der Waals surface area contributed by atoms with Crippen molar-refractivity contribution in [2.45, 2.75) is 76.5 Å². The minimum atomic E-state index is -1.28. The number of carboxylic acids is 1. The van der Waals surface area contributed by atoms with Crippen molar-refractivity contribution in [2.75, 3.05) is 13.6 Å². The van der Waals surface area contributed by atoms with E-state index in [9.17, 15) is 24.3 Å². The zero-order chi connectivity index (χ0) is 29.6. The number of rotatable bonds is 14. The number of pyridine rings is 1. The molecule has 0 radical (unpaired) electrons. The number of hydrogen-bond acceptors (Lipinski definition) is 6. The van der Waals surface area contributed by atoms with Gasteiger partial charge in [0.05, 0.1) is 0 Å². The van der Waals surface area contributed by atoms with Gasteiger partial charge in [0, 0.05) is 37.4 Å². The minimum Gasteiger partial charge on any atom is -0.480 e. The Morgan fingerprint density at radius 1 is 1.05 bits per heavy atom. The molecule has 11 heteroatoms. The van der Waals surface area contributed by atoms with E-state index >= 15 is 0 Å². The standard InChI is InChI=1S/C30H39ClN4O6/c1-35(17-14-21-12-15-32-16-13-21)27(36)11-10-25(29(38)39)33-28(37)26(19-22-6-3-2-4-7-22)34-30(40)41-20-23-8-5-9-24(31)18-23/h5,8-9,12-13,15-16,18,22,25-26H,2-4,6-7,10-11,14,17,19-20H2,1H3,(H,33,37)(H,34,40)(H,38,39). The molecule has 10 nitrogen and oxygen atoms in total. The van der Waals surface area contributed by atoms with Crippen molar-refractivity contribution < 1.29 is 29.0 Å². The number of nitrogens with zero attached hydrogens (tertiary/aromatic N) is 2. The Hall–Kier alpha value is -3.66. The number of hydrogen-bond donors (Lipinski definition) is 3. The summed E-state index contributed by atoms with van der Waals surface area (Å²) in [6.07, 6.45) is 8.60. The van der Waals surface area contributed by atoms with Crippen LogP contribution >= 0.6 is 11.6 Å². The van der Waals surface area contributed by atoms with Gasteiger partial charge in [0.2, 0.25) is 11.8 Å². The first-order valence-electron chi connectivity index (χ1n) is 14.0. The second-order valence-corrected chi connectivity index (χ2v) is 10.9. The monoisotopic (exact) mass is 586 g/mol. The fourth-order valence-corrected chi connectivity index (χ4v) is 5.12. The number of aromatic nitrogens is 1. The molecule has 3 N–H and O–H groups in total. The number of halogens is 1. The third kappa shape index (κ3) is 11.4. The molecule has 1 aliphatic rings. The Labute approximate surface area is 245 Å². The number of ether oxygens (including phenoxy) is 1. The lowest BCUT2D eigenvalue weighted by Gasteiger charge is -2.27. The van der Waals surface area contributed by atoms with Crippen LogP contribution in [0.2, 0.25) is 5.02 Å². The molecule has 0 spiro atoms. The van der Waals surface area contributed by atoms with Gasteiger partial charge in [-0.25, -0.2) is 9.59 Å². The van der Waals surface area contributed by atoms with Crippen LogP contribution in [0.4, 0.5) is 4.79 Å². The van der Waals surface area contributed by atoms with Gasteiger partial charge >= 0.3 is 12.1 Å². The summed E-state index contributed by atoms with van der Waals surface area (Å²) >= 11 is 5.99. The quantitative estimate of drug-likeness (QED) is 0.299. The molecule has 1 saturated carbocycles. The molecule has 3 amide bonds. The van der Waals surface area contributed by atoms with Crippen LogP contribution < -0.4 is 10.6 Å². The van der Waals surface area contributed by atoms with Gasteiger partial charge in [0.25, 0.3) is 0 Å². The van der Waals surface area contributed by atoms with E-state index in [4.69, 9.17) is 16.3 Å². The summed E-state index contributed by atoms with van der Waals surface area (Å²) in [5.41, 5.74) is 1.74. The van der Waals surface area contributed by atoms with Crippen molar-refractivity contribution in [1.29, 1.82) is 0 Å². The summed E-state index contributed by atoms with van der Waals surface area (Å²) in [6, 6.07) is 8.40. The maximum absolute atomic E-state index is 13.3. The van der Waals surface area contributed by atoms with Gasteiger partial charge in [-0.1, -0.05) is 55.8 Å². The van der Waals surface area contributed by atoms with Gasteiger partial charge in [-0.2, -0.15) is 0 Å². The Morgan fingerprint density at radius 3 is 2.46 bits per heavy atom. The fourth-order valence-electron chi connectivity index (χ4n) is 4.91. The summed E-state index contributed by atoms with van der Waals surface area (Å²) in [4.78, 5) is 56.0. The smallest absolute Gasteiger partial charge is 0.408 e. The number of nitrogens with one attached hydrogen (secondary N) is 2. The second-order valence-electron chi connectivity index (χ2n) is 10.5. The van der Waals surface area contributed by atoms with E-state index in [2.05, 4.69) is 15.6 Å². The zero-order valence-electron chi connectivity index (χ0n) is 23.4. The Balaban J connectivity index is 1.55. The molecule has 0 aliphatic heterocycles. The summed E-state index contributed by atoms with van der Waals surface area (Å²) < 4.78 is 5.31. The molecular formula is C30H39ClN4O6. The van der Waals surface area contributed by atoms with Gasteiger partial charge in [0.1, 0.15) is 18.7 Å². The number of carboxylic acid groups (broad SMARTS) is 1. The topological polar surface area (TPSA) is 138 Å². The summed E-state index contributed by atoms with van der Waals surface area (Å²) in [7, 11) is 1.66. The number of alkyl carbamates (subject to hydrolysis) is 1. The van der Waals surface area contributed by atoms with Crippen LogP contribution in [0.15, 0.2) is 48.8 Å². The van der Waals surface area contributed by atoms with E-state index in [0.29, 0.717) is 30.0 Å². The average Bonchev–Trinajstić information content (AvgIpc) is 2.97. The summed E-state index contributed by atoms with van der Waals surface area (Å²) in [5.74, 6) is -1.85. The first-order chi connectivity index (χ1) is 19.7. The molecule has 2 unspecified atom stereocenters. The lowest BCUT2D eigenvalue weighted by atomic mass is 9.84. The molecule has 0 saturated heterocycles.